The van der Waals surface area contributed by atoms with E-state index in [1.54, 1.807) is 0 Å². The van der Waals surface area contributed by atoms with Crippen molar-refractivity contribution in [3.8, 4) is 0 Å². The maximum absolute atomic E-state index is 11.7. The SMILES string of the molecule is CC(C)(C)C1CS(=O)CCN1C(C)(C)C. The summed E-state index contributed by atoms with van der Waals surface area (Å²) >= 11 is 0. The third kappa shape index (κ3) is 3.28. The van der Waals surface area contributed by atoms with Gasteiger partial charge in [-0.2, -0.15) is 0 Å². The standard InChI is InChI=1S/C12H25NOS/c1-11(2,3)10-9-15(14)8-7-13(10)12(4,5)6/h10H,7-9H2,1-6H3. The van der Waals surface area contributed by atoms with E-state index >= 15 is 0 Å². The van der Waals surface area contributed by atoms with Crippen molar-refractivity contribution in [3.05, 3.63) is 0 Å². The smallest absolute Gasteiger partial charge is 0.0396 e. The first-order valence-corrected chi connectivity index (χ1v) is 7.23. The van der Waals surface area contributed by atoms with Crippen molar-refractivity contribution in [2.24, 2.45) is 5.41 Å². The molecular formula is C12H25NOS. The fourth-order valence-electron chi connectivity index (χ4n) is 2.23. The largest absolute Gasteiger partial charge is 0.293 e. The summed E-state index contributed by atoms with van der Waals surface area (Å²) in [7, 11) is -0.614. The molecule has 1 heterocycles. The molecule has 0 saturated carbocycles. The van der Waals surface area contributed by atoms with Crippen LogP contribution in [0.2, 0.25) is 0 Å². The lowest BCUT2D eigenvalue weighted by atomic mass is 9.84. The zero-order valence-corrected chi connectivity index (χ0v) is 11.8. The molecular weight excluding hydrogens is 206 g/mol. The topological polar surface area (TPSA) is 20.3 Å². The fourth-order valence-corrected chi connectivity index (χ4v) is 3.82. The molecule has 0 aromatic heterocycles. The second-order valence-corrected chi connectivity index (χ2v) is 8.18. The van der Waals surface area contributed by atoms with Gasteiger partial charge < -0.3 is 0 Å². The highest BCUT2D eigenvalue weighted by Crippen LogP contribution is 2.32. The molecule has 0 N–H and O–H groups in total. The average Bonchev–Trinajstić information content (AvgIpc) is 2.00. The van der Waals surface area contributed by atoms with Crippen LogP contribution in [0.5, 0.6) is 0 Å². The minimum Gasteiger partial charge on any atom is -0.293 e. The molecule has 0 aromatic carbocycles. The van der Waals surface area contributed by atoms with Gasteiger partial charge >= 0.3 is 0 Å². The quantitative estimate of drug-likeness (QED) is 0.637. The Kier molecular flexibility index (Phi) is 3.66. The van der Waals surface area contributed by atoms with Gasteiger partial charge in [-0.05, 0) is 26.2 Å². The van der Waals surface area contributed by atoms with E-state index in [1.165, 1.54) is 0 Å². The highest BCUT2D eigenvalue weighted by molar-refractivity contribution is 7.85. The van der Waals surface area contributed by atoms with Gasteiger partial charge in [0.2, 0.25) is 0 Å². The van der Waals surface area contributed by atoms with E-state index in [0.29, 0.717) is 6.04 Å². The molecule has 0 aliphatic carbocycles. The average molecular weight is 231 g/mol. The van der Waals surface area contributed by atoms with E-state index in [4.69, 9.17) is 0 Å². The van der Waals surface area contributed by atoms with E-state index in [0.717, 1.165) is 18.1 Å². The van der Waals surface area contributed by atoms with E-state index in [-0.39, 0.29) is 11.0 Å². The van der Waals surface area contributed by atoms with Crippen LogP contribution in [0.15, 0.2) is 0 Å². The van der Waals surface area contributed by atoms with Crippen molar-refractivity contribution in [1.29, 1.82) is 0 Å². The highest BCUT2D eigenvalue weighted by Gasteiger charge is 2.39. The van der Waals surface area contributed by atoms with Crippen LogP contribution in [0, 0.1) is 5.41 Å². The molecule has 1 aliphatic heterocycles. The minimum atomic E-state index is -0.614. The van der Waals surface area contributed by atoms with Gasteiger partial charge in [-0.1, -0.05) is 20.8 Å². The van der Waals surface area contributed by atoms with Crippen molar-refractivity contribution in [2.75, 3.05) is 18.1 Å². The number of rotatable bonds is 0. The third-order valence-corrected chi connectivity index (χ3v) is 4.47. The van der Waals surface area contributed by atoms with Crippen LogP contribution in [0.25, 0.3) is 0 Å². The first-order chi connectivity index (χ1) is 6.62. The van der Waals surface area contributed by atoms with Gasteiger partial charge in [0, 0.05) is 40.4 Å². The molecule has 0 aromatic rings. The number of nitrogens with zero attached hydrogens (tertiary/aromatic N) is 1. The molecule has 0 bridgehead atoms. The second-order valence-electron chi connectivity index (χ2n) is 6.56. The Labute approximate surface area is 96.9 Å². The van der Waals surface area contributed by atoms with Gasteiger partial charge in [0.1, 0.15) is 0 Å². The van der Waals surface area contributed by atoms with E-state index < -0.39 is 10.8 Å². The van der Waals surface area contributed by atoms with E-state index in [1.807, 2.05) is 0 Å². The Morgan fingerprint density at radius 2 is 1.67 bits per heavy atom. The third-order valence-electron chi connectivity index (χ3n) is 3.14. The van der Waals surface area contributed by atoms with Crippen LogP contribution < -0.4 is 0 Å². The number of hydrogen-bond donors (Lipinski definition) is 0. The van der Waals surface area contributed by atoms with Crippen LogP contribution >= 0.6 is 0 Å². The van der Waals surface area contributed by atoms with Crippen molar-refractivity contribution in [1.82, 2.24) is 4.90 Å². The second kappa shape index (κ2) is 4.17. The lowest BCUT2D eigenvalue weighted by molar-refractivity contribution is 0.0364. The molecule has 1 rings (SSSR count). The van der Waals surface area contributed by atoms with Crippen LogP contribution in [0.1, 0.15) is 41.5 Å². The van der Waals surface area contributed by atoms with Crippen LogP contribution in [-0.4, -0.2) is 38.7 Å². The maximum Gasteiger partial charge on any atom is 0.0396 e. The molecule has 0 radical (unpaired) electrons. The number of hydrogen-bond acceptors (Lipinski definition) is 2. The van der Waals surface area contributed by atoms with Crippen LogP contribution in [0.4, 0.5) is 0 Å². The van der Waals surface area contributed by atoms with Crippen molar-refractivity contribution >= 4 is 10.8 Å². The zero-order valence-electron chi connectivity index (χ0n) is 11.0. The Morgan fingerprint density at radius 3 is 2.07 bits per heavy atom. The van der Waals surface area contributed by atoms with Crippen molar-refractivity contribution in [3.63, 3.8) is 0 Å². The molecule has 1 fully saturated rings. The summed E-state index contributed by atoms with van der Waals surface area (Å²) in [6.45, 7) is 14.5. The van der Waals surface area contributed by atoms with Crippen LogP contribution in [0.3, 0.4) is 0 Å². The molecule has 3 heteroatoms. The van der Waals surface area contributed by atoms with Gasteiger partial charge in [0.05, 0.1) is 0 Å². The molecule has 0 spiro atoms. The van der Waals surface area contributed by atoms with Gasteiger partial charge in [-0.15, -0.1) is 0 Å². The van der Waals surface area contributed by atoms with Gasteiger partial charge in [0.15, 0.2) is 0 Å². The van der Waals surface area contributed by atoms with Crippen molar-refractivity contribution < 1.29 is 4.21 Å². The Morgan fingerprint density at radius 1 is 1.13 bits per heavy atom. The normalized spacial score (nSPS) is 30.5. The van der Waals surface area contributed by atoms with E-state index in [9.17, 15) is 4.21 Å². The Hall–Kier alpha value is 0.110. The van der Waals surface area contributed by atoms with Gasteiger partial charge in [-0.3, -0.25) is 9.11 Å². The fraction of sp³-hybridized carbons (Fsp3) is 1.00. The minimum absolute atomic E-state index is 0.183. The van der Waals surface area contributed by atoms with Gasteiger partial charge in [0.25, 0.3) is 0 Å². The molecule has 2 atom stereocenters. The predicted molar refractivity (Wildman–Crippen MR) is 67.6 cm³/mol. The first-order valence-electron chi connectivity index (χ1n) is 5.74. The monoisotopic (exact) mass is 231 g/mol. The molecule has 15 heavy (non-hydrogen) atoms. The zero-order chi connectivity index (χ0) is 11.9. The summed E-state index contributed by atoms with van der Waals surface area (Å²) < 4.78 is 11.7. The molecule has 90 valence electrons. The molecule has 1 saturated heterocycles. The summed E-state index contributed by atoms with van der Waals surface area (Å²) in [5.74, 6) is 1.67. The predicted octanol–water partition coefficient (Wildman–Crippen LogP) is 2.26. The first kappa shape index (κ1) is 13.2. The summed E-state index contributed by atoms with van der Waals surface area (Å²) in [6.07, 6.45) is 0. The summed E-state index contributed by atoms with van der Waals surface area (Å²) in [5.41, 5.74) is 0.395. The van der Waals surface area contributed by atoms with Gasteiger partial charge in [-0.25, -0.2) is 0 Å². The summed E-state index contributed by atoms with van der Waals surface area (Å²) in [5, 5.41) is 0. The Bertz CT molecular complexity index is 249. The van der Waals surface area contributed by atoms with Crippen molar-refractivity contribution in [2.45, 2.75) is 53.1 Å². The molecule has 0 amide bonds. The molecule has 2 nitrogen and oxygen atoms in total. The highest BCUT2D eigenvalue weighted by atomic mass is 32.2. The lowest BCUT2D eigenvalue weighted by Gasteiger charge is -2.49. The summed E-state index contributed by atoms with van der Waals surface area (Å²) in [4.78, 5) is 2.52. The molecule has 1 aliphatic rings. The van der Waals surface area contributed by atoms with E-state index in [2.05, 4.69) is 46.4 Å². The summed E-state index contributed by atoms with van der Waals surface area (Å²) in [6, 6.07) is 0.437. The Balaban J connectivity index is 2.90. The lowest BCUT2D eigenvalue weighted by Crippen LogP contribution is -2.59. The maximum atomic E-state index is 11.7. The van der Waals surface area contributed by atoms with Crippen LogP contribution in [-0.2, 0) is 10.8 Å². The molecule has 2 unspecified atom stereocenters.